The van der Waals surface area contributed by atoms with Gasteiger partial charge in [0.1, 0.15) is 0 Å². The number of carbonyl (C=O) groups excluding carboxylic acids is 2. The maximum atomic E-state index is 13.2. The summed E-state index contributed by atoms with van der Waals surface area (Å²) in [6.07, 6.45) is 0. The molecule has 1 amide bonds. The van der Waals surface area contributed by atoms with E-state index in [1.165, 1.54) is 0 Å². The topological polar surface area (TPSA) is 97.1 Å². The number of nitrogens with zero attached hydrogens (tertiary/aromatic N) is 2. The van der Waals surface area contributed by atoms with Crippen molar-refractivity contribution in [3.63, 3.8) is 0 Å². The summed E-state index contributed by atoms with van der Waals surface area (Å²) in [5, 5.41) is 4.40. The van der Waals surface area contributed by atoms with Crippen LogP contribution in [0.15, 0.2) is 66.7 Å². The largest absolute Gasteiger partial charge is 0.383 e. The third kappa shape index (κ3) is 9.00. The van der Waals surface area contributed by atoms with E-state index < -0.39 is 5.91 Å². The molecule has 0 aliphatic carbocycles. The first kappa shape index (κ1) is 31.0. The Kier molecular flexibility index (Phi) is 11.6. The molecule has 3 N–H and O–H groups in total. The van der Waals surface area contributed by atoms with Gasteiger partial charge in [-0.2, -0.15) is 0 Å². The summed E-state index contributed by atoms with van der Waals surface area (Å²) in [4.78, 5) is 29.1. The van der Waals surface area contributed by atoms with Crippen LogP contribution in [0, 0.1) is 0 Å². The zero-order chi connectivity index (χ0) is 29.2. The Hall–Kier alpha value is -2.98. The first-order valence-corrected chi connectivity index (χ1v) is 14.3. The zero-order valence-corrected chi connectivity index (χ0v) is 24.7. The van der Waals surface area contributed by atoms with Crippen LogP contribution in [0.1, 0.15) is 22.0 Å². The number of anilines is 1. The summed E-state index contributed by atoms with van der Waals surface area (Å²) in [5.41, 5.74) is 9.71. The van der Waals surface area contributed by atoms with Gasteiger partial charge in [0, 0.05) is 50.6 Å². The lowest BCUT2D eigenvalue weighted by Crippen LogP contribution is -2.44. The second-order valence-corrected chi connectivity index (χ2v) is 10.8. The number of benzene rings is 3. The smallest absolute Gasteiger partial charge is 0.248 e. The van der Waals surface area contributed by atoms with Gasteiger partial charge in [-0.1, -0.05) is 59.6 Å². The Morgan fingerprint density at radius 2 is 1.78 bits per heavy atom. The maximum absolute atomic E-state index is 13.2. The van der Waals surface area contributed by atoms with Gasteiger partial charge >= 0.3 is 0 Å². The molecule has 1 heterocycles. The van der Waals surface area contributed by atoms with Gasteiger partial charge in [-0.3, -0.25) is 14.5 Å². The van der Waals surface area contributed by atoms with Gasteiger partial charge in [0.05, 0.1) is 43.0 Å². The van der Waals surface area contributed by atoms with Crippen LogP contribution < -0.4 is 16.0 Å². The van der Waals surface area contributed by atoms with Crippen molar-refractivity contribution in [1.29, 1.82) is 0 Å². The van der Waals surface area contributed by atoms with E-state index >= 15 is 0 Å². The lowest BCUT2D eigenvalue weighted by Gasteiger charge is -2.31. The lowest BCUT2D eigenvalue weighted by molar-refractivity contribution is -0.117. The number of morpholine rings is 1. The van der Waals surface area contributed by atoms with Gasteiger partial charge < -0.3 is 25.4 Å². The number of halogens is 2. The summed E-state index contributed by atoms with van der Waals surface area (Å²) in [6.45, 7) is 5.21. The number of methoxy groups -OCH3 is 1. The molecule has 8 nitrogen and oxygen atoms in total. The van der Waals surface area contributed by atoms with E-state index in [0.717, 1.165) is 42.0 Å². The van der Waals surface area contributed by atoms with Gasteiger partial charge in [0.15, 0.2) is 5.78 Å². The molecule has 3 aromatic rings. The third-order valence-corrected chi connectivity index (χ3v) is 7.82. The number of rotatable bonds is 14. The molecule has 10 heteroatoms. The maximum Gasteiger partial charge on any atom is 0.248 e. The van der Waals surface area contributed by atoms with Crippen molar-refractivity contribution in [2.24, 2.45) is 5.73 Å². The Labute approximate surface area is 251 Å². The SMILES string of the molecule is COCCN(CC(=O)CNC(CN1CCOCC1)c1ccc(-c2cccc(C(N)=O)c2)cc1)c1ccc(Cl)c(Cl)c1. The molecule has 0 aromatic heterocycles. The highest BCUT2D eigenvalue weighted by molar-refractivity contribution is 6.42. The number of carbonyl (C=O) groups is 2. The first-order valence-electron chi connectivity index (χ1n) is 13.6. The summed E-state index contributed by atoms with van der Waals surface area (Å²) in [6, 6.07) is 20.7. The molecule has 1 aliphatic rings. The van der Waals surface area contributed by atoms with Crippen molar-refractivity contribution in [2.45, 2.75) is 6.04 Å². The molecule has 0 radical (unpaired) electrons. The minimum absolute atomic E-state index is 0.0408. The van der Waals surface area contributed by atoms with Crippen LogP contribution in [0.3, 0.4) is 0 Å². The molecular formula is C31H36Cl2N4O4. The molecular weight excluding hydrogens is 563 g/mol. The van der Waals surface area contributed by atoms with Gasteiger partial charge in [0.2, 0.25) is 5.91 Å². The monoisotopic (exact) mass is 598 g/mol. The quantitative estimate of drug-likeness (QED) is 0.283. The fourth-order valence-corrected chi connectivity index (χ4v) is 5.07. The number of hydrogen-bond donors (Lipinski definition) is 2. The summed E-state index contributed by atoms with van der Waals surface area (Å²) < 4.78 is 10.8. The molecule has 1 aliphatic heterocycles. The summed E-state index contributed by atoms with van der Waals surface area (Å²) in [5.74, 6) is -0.415. The predicted molar refractivity (Wildman–Crippen MR) is 164 cm³/mol. The standard InChI is InChI=1S/C31H36Cl2N4O4/c1-40-14-13-37(26-9-10-28(32)29(33)18-26)20-27(38)19-35-30(21-36-11-15-41-16-12-36)23-7-5-22(6-8-23)24-3-2-4-25(17-24)31(34)39/h2-10,17-18,30,35H,11-16,19-21H2,1H3,(H2,34,39). The van der Waals surface area contributed by atoms with Crippen molar-refractivity contribution < 1.29 is 19.1 Å². The van der Waals surface area contributed by atoms with E-state index in [1.54, 1.807) is 31.4 Å². The summed E-state index contributed by atoms with van der Waals surface area (Å²) >= 11 is 12.3. The number of hydrogen-bond acceptors (Lipinski definition) is 7. The minimum Gasteiger partial charge on any atom is -0.383 e. The van der Waals surface area contributed by atoms with Crippen molar-refractivity contribution >= 4 is 40.6 Å². The lowest BCUT2D eigenvalue weighted by atomic mass is 9.99. The molecule has 3 aromatic carbocycles. The molecule has 1 fully saturated rings. The second kappa shape index (κ2) is 15.3. The van der Waals surface area contributed by atoms with Crippen LogP contribution in [0.25, 0.3) is 11.1 Å². The van der Waals surface area contributed by atoms with Crippen molar-refractivity contribution in [1.82, 2.24) is 10.2 Å². The average molecular weight is 600 g/mol. The van der Waals surface area contributed by atoms with Crippen molar-refractivity contribution in [3.05, 3.63) is 87.9 Å². The molecule has 1 saturated heterocycles. The number of amides is 1. The van der Waals surface area contributed by atoms with Crippen LogP contribution in [0.4, 0.5) is 5.69 Å². The highest BCUT2D eigenvalue weighted by Crippen LogP contribution is 2.27. The van der Waals surface area contributed by atoms with E-state index in [1.807, 2.05) is 35.2 Å². The molecule has 0 bridgehead atoms. The number of ether oxygens (including phenoxy) is 2. The van der Waals surface area contributed by atoms with E-state index in [0.29, 0.717) is 42.0 Å². The fourth-order valence-electron chi connectivity index (χ4n) is 4.78. The molecule has 1 atom stereocenters. The first-order chi connectivity index (χ1) is 19.8. The zero-order valence-electron chi connectivity index (χ0n) is 23.2. The number of nitrogens with one attached hydrogen (secondary N) is 1. The number of primary amides is 1. The second-order valence-electron chi connectivity index (χ2n) is 9.96. The average Bonchev–Trinajstić information content (AvgIpc) is 2.99. The highest BCUT2D eigenvalue weighted by atomic mass is 35.5. The third-order valence-electron chi connectivity index (χ3n) is 7.08. The Balaban J connectivity index is 1.47. The van der Waals surface area contributed by atoms with Crippen molar-refractivity contribution in [2.75, 3.05) is 71.1 Å². The molecule has 0 saturated carbocycles. The van der Waals surface area contributed by atoms with Crippen LogP contribution in [0.5, 0.6) is 0 Å². The van der Waals surface area contributed by atoms with Crippen LogP contribution >= 0.6 is 23.2 Å². The molecule has 0 spiro atoms. The van der Waals surface area contributed by atoms with E-state index in [-0.39, 0.29) is 24.9 Å². The molecule has 218 valence electrons. The van der Waals surface area contributed by atoms with Gasteiger partial charge in [-0.25, -0.2) is 0 Å². The molecule has 41 heavy (non-hydrogen) atoms. The van der Waals surface area contributed by atoms with E-state index in [2.05, 4.69) is 22.3 Å². The predicted octanol–water partition coefficient (Wildman–Crippen LogP) is 4.44. The van der Waals surface area contributed by atoms with Gasteiger partial charge in [0.25, 0.3) is 0 Å². The normalized spacial score (nSPS) is 14.5. The minimum atomic E-state index is -0.456. The summed E-state index contributed by atoms with van der Waals surface area (Å²) in [7, 11) is 1.63. The number of ketones is 1. The number of Topliss-reactive ketones (excluding diaryl/α,β-unsaturated/α-hetero) is 1. The van der Waals surface area contributed by atoms with Gasteiger partial charge in [-0.05, 0) is 47.0 Å². The molecule has 1 unspecified atom stereocenters. The number of nitrogens with two attached hydrogens (primary N) is 1. The fraction of sp³-hybridized carbons (Fsp3) is 0.355. The van der Waals surface area contributed by atoms with Crippen LogP contribution in [-0.4, -0.2) is 82.8 Å². The van der Waals surface area contributed by atoms with E-state index in [9.17, 15) is 9.59 Å². The highest BCUT2D eigenvalue weighted by Gasteiger charge is 2.20. The Morgan fingerprint density at radius 3 is 2.46 bits per heavy atom. The van der Waals surface area contributed by atoms with E-state index in [4.69, 9.17) is 38.4 Å². The van der Waals surface area contributed by atoms with Crippen LogP contribution in [0.2, 0.25) is 10.0 Å². The van der Waals surface area contributed by atoms with Crippen molar-refractivity contribution in [3.8, 4) is 11.1 Å². The molecule has 4 rings (SSSR count). The van der Waals surface area contributed by atoms with Crippen LogP contribution in [-0.2, 0) is 14.3 Å². The van der Waals surface area contributed by atoms with Gasteiger partial charge in [-0.15, -0.1) is 0 Å². The Morgan fingerprint density at radius 1 is 1.02 bits per heavy atom. The Bertz CT molecular complexity index is 1320.